The number of phenolic OH excluding ortho intramolecular Hbond substituents is 1. The van der Waals surface area contributed by atoms with Crippen LogP contribution in [-0.4, -0.2) is 11.2 Å². The van der Waals surface area contributed by atoms with Crippen molar-refractivity contribution in [2.24, 2.45) is 4.99 Å². The first kappa shape index (κ1) is 10.7. The number of nitrogens with two attached hydrogens (primary N) is 1. The van der Waals surface area contributed by atoms with E-state index in [1.807, 2.05) is 0 Å². The average molecular weight is 218 g/mol. The van der Waals surface area contributed by atoms with Gasteiger partial charge in [-0.05, 0) is 30.5 Å². The molecule has 16 heavy (non-hydrogen) atoms. The summed E-state index contributed by atoms with van der Waals surface area (Å²) in [5, 5.41) is 9.37. The largest absolute Gasteiger partial charge is 0.506 e. The lowest BCUT2D eigenvalue weighted by atomic mass is 9.88. The van der Waals surface area contributed by atoms with E-state index in [-0.39, 0.29) is 5.75 Å². The molecule has 3 N–H and O–H groups in total. The Labute approximate surface area is 93.8 Å². The van der Waals surface area contributed by atoms with Crippen LogP contribution >= 0.6 is 0 Å². The van der Waals surface area contributed by atoms with Crippen LogP contribution in [0.25, 0.3) is 0 Å². The van der Waals surface area contributed by atoms with Crippen LogP contribution in [-0.2, 0) is 10.3 Å². The van der Waals surface area contributed by atoms with Crippen molar-refractivity contribution in [1.82, 2.24) is 0 Å². The van der Waals surface area contributed by atoms with Crippen LogP contribution in [0.4, 0.5) is 5.69 Å². The summed E-state index contributed by atoms with van der Waals surface area (Å²) in [6, 6.07) is 5.02. The molecule has 1 fully saturated rings. The number of rotatable bonds is 2. The fourth-order valence-corrected chi connectivity index (χ4v) is 2.36. The summed E-state index contributed by atoms with van der Waals surface area (Å²) in [5.74, 6) is 0.0620. The van der Waals surface area contributed by atoms with E-state index < -0.39 is 5.54 Å². The van der Waals surface area contributed by atoms with E-state index in [4.69, 9.17) is 5.73 Å². The fraction of sp³-hybridized carbons (Fsp3) is 0.417. The lowest BCUT2D eigenvalue weighted by molar-refractivity contribution is 0.452. The van der Waals surface area contributed by atoms with E-state index in [0.29, 0.717) is 5.69 Å². The minimum atomic E-state index is -0.469. The van der Waals surface area contributed by atoms with Gasteiger partial charge in [-0.1, -0.05) is 18.9 Å². The SMILES string of the molecule is Nc1cc(C2(N=C=O)CCCC2)ccc1O. The molecular weight excluding hydrogens is 204 g/mol. The molecule has 1 aromatic carbocycles. The summed E-state index contributed by atoms with van der Waals surface area (Å²) in [7, 11) is 0. The minimum absolute atomic E-state index is 0.0620. The molecule has 2 rings (SSSR count). The van der Waals surface area contributed by atoms with Gasteiger partial charge in [-0.15, -0.1) is 0 Å². The normalized spacial score (nSPS) is 18.0. The maximum Gasteiger partial charge on any atom is 0.235 e. The maximum atomic E-state index is 10.5. The molecule has 1 saturated carbocycles. The van der Waals surface area contributed by atoms with Crippen molar-refractivity contribution in [2.45, 2.75) is 31.2 Å². The van der Waals surface area contributed by atoms with Gasteiger partial charge in [-0.2, -0.15) is 4.99 Å². The predicted molar refractivity (Wildman–Crippen MR) is 60.8 cm³/mol. The van der Waals surface area contributed by atoms with Crippen molar-refractivity contribution in [3.8, 4) is 5.75 Å². The standard InChI is InChI=1S/C12H14N2O2/c13-10-7-9(3-4-11(10)16)12(14-8-15)5-1-2-6-12/h3-4,7,16H,1-2,5-6,13H2. The number of hydrogen-bond acceptors (Lipinski definition) is 4. The van der Waals surface area contributed by atoms with Crippen molar-refractivity contribution in [3.63, 3.8) is 0 Å². The first-order valence-electron chi connectivity index (χ1n) is 5.36. The van der Waals surface area contributed by atoms with Gasteiger partial charge in [0, 0.05) is 0 Å². The van der Waals surface area contributed by atoms with Gasteiger partial charge in [0.1, 0.15) is 5.75 Å². The molecule has 4 heteroatoms. The van der Waals surface area contributed by atoms with Crippen molar-refractivity contribution in [1.29, 1.82) is 0 Å². The van der Waals surface area contributed by atoms with Crippen molar-refractivity contribution in [2.75, 3.05) is 5.73 Å². The number of phenols is 1. The van der Waals surface area contributed by atoms with Crippen LogP contribution in [0.15, 0.2) is 23.2 Å². The average Bonchev–Trinajstić information content (AvgIpc) is 2.72. The smallest absolute Gasteiger partial charge is 0.235 e. The molecule has 0 aliphatic heterocycles. The van der Waals surface area contributed by atoms with Gasteiger partial charge in [-0.25, -0.2) is 4.79 Å². The summed E-state index contributed by atoms with van der Waals surface area (Å²) in [4.78, 5) is 14.5. The van der Waals surface area contributed by atoms with Gasteiger partial charge in [0.15, 0.2) is 0 Å². The van der Waals surface area contributed by atoms with E-state index in [2.05, 4.69) is 4.99 Å². The number of hydrogen-bond donors (Lipinski definition) is 2. The summed E-state index contributed by atoms with van der Waals surface area (Å²) < 4.78 is 0. The topological polar surface area (TPSA) is 75.7 Å². The zero-order chi connectivity index (χ0) is 11.6. The molecule has 0 amide bonds. The predicted octanol–water partition coefficient (Wildman–Crippen LogP) is 2.08. The molecule has 4 nitrogen and oxygen atoms in total. The molecule has 1 aliphatic rings. The number of isocyanates is 1. The Kier molecular flexibility index (Phi) is 2.67. The highest BCUT2D eigenvalue weighted by molar-refractivity contribution is 5.55. The molecule has 1 aliphatic carbocycles. The lowest BCUT2D eigenvalue weighted by Crippen LogP contribution is -2.18. The second-order valence-corrected chi connectivity index (χ2v) is 4.22. The molecule has 0 spiro atoms. The molecule has 84 valence electrons. The molecule has 0 heterocycles. The number of aromatic hydroxyl groups is 1. The molecule has 0 atom stereocenters. The number of aliphatic imine (C=N–C) groups is 1. The van der Waals surface area contributed by atoms with Crippen LogP contribution in [0.3, 0.4) is 0 Å². The highest BCUT2D eigenvalue weighted by Crippen LogP contribution is 2.43. The highest BCUT2D eigenvalue weighted by atomic mass is 16.3. The van der Waals surface area contributed by atoms with E-state index in [0.717, 1.165) is 31.2 Å². The Balaban J connectivity index is 2.47. The number of nitrogen functional groups attached to an aromatic ring is 1. The summed E-state index contributed by atoms with van der Waals surface area (Å²) in [5.41, 5.74) is 6.40. The Morgan fingerprint density at radius 1 is 1.38 bits per heavy atom. The molecule has 0 radical (unpaired) electrons. The highest BCUT2D eigenvalue weighted by Gasteiger charge is 2.35. The third-order valence-electron chi connectivity index (χ3n) is 3.26. The van der Waals surface area contributed by atoms with Gasteiger partial charge in [0.2, 0.25) is 6.08 Å². The number of benzene rings is 1. The second kappa shape index (κ2) is 3.99. The fourth-order valence-electron chi connectivity index (χ4n) is 2.36. The zero-order valence-corrected chi connectivity index (χ0v) is 8.94. The molecule has 0 bridgehead atoms. The Bertz CT molecular complexity index is 444. The van der Waals surface area contributed by atoms with Gasteiger partial charge in [0.05, 0.1) is 11.2 Å². The van der Waals surface area contributed by atoms with Crippen LogP contribution in [0, 0.1) is 0 Å². The number of nitrogens with zero attached hydrogens (tertiary/aromatic N) is 1. The maximum absolute atomic E-state index is 10.5. The monoisotopic (exact) mass is 218 g/mol. The number of carbonyl (C=O) groups excluding carboxylic acids is 1. The van der Waals surface area contributed by atoms with Crippen molar-refractivity contribution in [3.05, 3.63) is 23.8 Å². The Morgan fingerprint density at radius 2 is 2.06 bits per heavy atom. The second-order valence-electron chi connectivity index (χ2n) is 4.22. The number of anilines is 1. The van der Waals surface area contributed by atoms with Gasteiger partial charge < -0.3 is 10.8 Å². The van der Waals surface area contributed by atoms with Gasteiger partial charge in [-0.3, -0.25) is 0 Å². The van der Waals surface area contributed by atoms with Crippen LogP contribution in [0.2, 0.25) is 0 Å². The summed E-state index contributed by atoms with van der Waals surface area (Å²) in [6.07, 6.45) is 5.43. The first-order chi connectivity index (χ1) is 7.68. The first-order valence-corrected chi connectivity index (χ1v) is 5.36. The van der Waals surface area contributed by atoms with Crippen LogP contribution in [0.1, 0.15) is 31.2 Å². The van der Waals surface area contributed by atoms with Crippen molar-refractivity contribution >= 4 is 11.8 Å². The third kappa shape index (κ3) is 1.68. The van der Waals surface area contributed by atoms with Crippen molar-refractivity contribution < 1.29 is 9.90 Å². The van der Waals surface area contributed by atoms with Gasteiger partial charge >= 0.3 is 0 Å². The Hall–Kier alpha value is -1.80. The van der Waals surface area contributed by atoms with E-state index in [1.54, 1.807) is 24.3 Å². The molecule has 1 aromatic rings. The summed E-state index contributed by atoms with van der Waals surface area (Å²) >= 11 is 0. The van der Waals surface area contributed by atoms with Gasteiger partial charge in [0.25, 0.3) is 0 Å². The quantitative estimate of drug-likeness (QED) is 0.345. The lowest BCUT2D eigenvalue weighted by Gasteiger charge is -2.23. The van der Waals surface area contributed by atoms with E-state index in [1.165, 1.54) is 0 Å². The van der Waals surface area contributed by atoms with Crippen LogP contribution in [0.5, 0.6) is 5.75 Å². The zero-order valence-electron chi connectivity index (χ0n) is 8.94. The third-order valence-corrected chi connectivity index (χ3v) is 3.26. The van der Waals surface area contributed by atoms with E-state index in [9.17, 15) is 9.90 Å². The van der Waals surface area contributed by atoms with Crippen LogP contribution < -0.4 is 5.73 Å². The Morgan fingerprint density at radius 3 is 2.62 bits per heavy atom. The summed E-state index contributed by atoms with van der Waals surface area (Å²) in [6.45, 7) is 0. The molecular formula is C12H14N2O2. The van der Waals surface area contributed by atoms with E-state index >= 15 is 0 Å². The molecule has 0 aromatic heterocycles. The minimum Gasteiger partial charge on any atom is -0.506 e. The molecule has 0 saturated heterocycles. The molecule has 0 unspecified atom stereocenters.